The van der Waals surface area contributed by atoms with E-state index < -0.39 is 10.0 Å². The average molecular weight is 393 g/mol. The highest BCUT2D eigenvalue weighted by Gasteiger charge is 2.42. The van der Waals surface area contributed by atoms with Crippen LogP contribution in [0.15, 0.2) is 40.6 Å². The van der Waals surface area contributed by atoms with Crippen molar-refractivity contribution >= 4 is 27.3 Å². The van der Waals surface area contributed by atoms with Gasteiger partial charge >= 0.3 is 0 Å². The second kappa shape index (κ2) is 6.45. The number of fused-ring (bicyclic) bond motifs is 2. The van der Waals surface area contributed by atoms with E-state index in [-0.39, 0.29) is 16.4 Å². The first-order valence-electron chi connectivity index (χ1n) is 8.52. The maximum atomic E-state index is 12.7. The predicted molar refractivity (Wildman–Crippen MR) is 98.6 cm³/mol. The fourth-order valence-electron chi connectivity index (χ4n) is 3.81. The number of piperidine rings is 1. The van der Waals surface area contributed by atoms with E-state index in [2.05, 4.69) is 11.4 Å². The fourth-order valence-corrected chi connectivity index (χ4v) is 5.28. The number of nitrogens with two attached hydrogens (primary N) is 1. The van der Waals surface area contributed by atoms with Crippen molar-refractivity contribution in [3.8, 4) is 0 Å². The number of carbonyl (C=O) groups is 1. The van der Waals surface area contributed by atoms with Crippen molar-refractivity contribution in [1.82, 2.24) is 4.90 Å². The first-order chi connectivity index (χ1) is 12.4. The first-order valence-corrected chi connectivity index (χ1v) is 10.9. The third kappa shape index (κ3) is 3.07. The zero-order valence-corrected chi connectivity index (χ0v) is 15.8. The van der Waals surface area contributed by atoms with E-state index in [1.54, 1.807) is 16.2 Å². The molecule has 1 fully saturated rings. The molecule has 2 aliphatic rings. The molecule has 0 atom stereocenters. The van der Waals surface area contributed by atoms with E-state index in [4.69, 9.17) is 9.88 Å². The minimum absolute atomic E-state index is 0.00670. The van der Waals surface area contributed by atoms with Gasteiger partial charge in [-0.25, -0.2) is 13.6 Å². The second-order valence-corrected chi connectivity index (χ2v) is 9.27. The van der Waals surface area contributed by atoms with Crippen molar-refractivity contribution in [1.29, 1.82) is 0 Å². The lowest BCUT2D eigenvalue weighted by Crippen LogP contribution is -2.48. The van der Waals surface area contributed by atoms with E-state index in [0.29, 0.717) is 18.7 Å². The topological polar surface area (TPSA) is 89.7 Å². The number of carbonyl (C=O) groups excluding carboxylic acids is 1. The fraction of sp³-hybridized carbons (Fsp3) is 0.389. The lowest BCUT2D eigenvalue weighted by Gasteiger charge is -2.44. The van der Waals surface area contributed by atoms with Crippen LogP contribution in [-0.2, 0) is 26.8 Å². The molecule has 2 aliphatic heterocycles. The minimum Gasteiger partial charge on any atom is -0.370 e. The number of nitrogens with zero attached hydrogens (tertiary/aromatic N) is 1. The lowest BCUT2D eigenvalue weighted by molar-refractivity contribution is -0.0926. The molecule has 138 valence electrons. The molecule has 1 amide bonds. The summed E-state index contributed by atoms with van der Waals surface area (Å²) in [6.07, 6.45) is 2.52. The molecule has 4 rings (SSSR count). The van der Waals surface area contributed by atoms with Crippen molar-refractivity contribution in [2.45, 2.75) is 29.8 Å². The molecule has 1 aromatic carbocycles. The molecule has 6 nitrogen and oxygen atoms in total. The number of ether oxygens (including phenoxy) is 1. The zero-order valence-electron chi connectivity index (χ0n) is 14.2. The summed E-state index contributed by atoms with van der Waals surface area (Å²) in [6.45, 7) is 1.96. The molecule has 0 bridgehead atoms. The molecule has 1 saturated heterocycles. The predicted octanol–water partition coefficient (Wildman–Crippen LogP) is 2.10. The van der Waals surface area contributed by atoms with Gasteiger partial charge in [-0.3, -0.25) is 4.79 Å². The Bertz CT molecular complexity index is 926. The number of benzene rings is 1. The summed E-state index contributed by atoms with van der Waals surface area (Å²) >= 11 is 1.78. The summed E-state index contributed by atoms with van der Waals surface area (Å²) in [5, 5.41) is 7.22. The van der Waals surface area contributed by atoms with E-state index in [9.17, 15) is 13.2 Å². The summed E-state index contributed by atoms with van der Waals surface area (Å²) in [6, 6.07) is 7.93. The highest BCUT2D eigenvalue weighted by atomic mass is 32.2. The molecular weight excluding hydrogens is 372 g/mol. The molecule has 0 saturated carbocycles. The van der Waals surface area contributed by atoms with Crippen molar-refractivity contribution in [3.05, 3.63) is 51.7 Å². The number of thiophene rings is 1. The summed E-state index contributed by atoms with van der Waals surface area (Å²) in [5.74, 6) is -0.0952. The molecule has 1 spiro atoms. The van der Waals surface area contributed by atoms with Crippen molar-refractivity contribution in [2.24, 2.45) is 5.14 Å². The Morgan fingerprint density at radius 3 is 2.50 bits per heavy atom. The molecule has 2 N–H and O–H groups in total. The number of rotatable bonds is 2. The minimum atomic E-state index is -3.75. The maximum absolute atomic E-state index is 12.7. The Morgan fingerprint density at radius 2 is 1.85 bits per heavy atom. The average Bonchev–Trinajstić information content (AvgIpc) is 3.12. The molecule has 0 aliphatic carbocycles. The molecule has 0 unspecified atom stereocenters. The summed E-state index contributed by atoms with van der Waals surface area (Å²) in [5.41, 5.74) is 1.49. The van der Waals surface area contributed by atoms with Gasteiger partial charge in [0.1, 0.15) is 0 Å². The van der Waals surface area contributed by atoms with Crippen LogP contribution in [0.2, 0.25) is 0 Å². The van der Waals surface area contributed by atoms with Crippen LogP contribution in [0.1, 0.15) is 33.6 Å². The molecule has 3 heterocycles. The number of primary sulfonamides is 1. The van der Waals surface area contributed by atoms with Gasteiger partial charge < -0.3 is 9.64 Å². The number of amides is 1. The summed E-state index contributed by atoms with van der Waals surface area (Å²) in [4.78, 5) is 15.9. The normalized spacial score (nSPS) is 19.3. The number of hydrogen-bond acceptors (Lipinski definition) is 5. The number of hydrogen-bond donors (Lipinski definition) is 1. The summed E-state index contributed by atoms with van der Waals surface area (Å²) in [7, 11) is -3.75. The van der Waals surface area contributed by atoms with Crippen LogP contribution in [0, 0.1) is 0 Å². The van der Waals surface area contributed by atoms with E-state index in [1.165, 1.54) is 34.7 Å². The van der Waals surface area contributed by atoms with Crippen LogP contribution in [0.5, 0.6) is 0 Å². The molecule has 2 aromatic rings. The Hall–Kier alpha value is -1.74. The standard InChI is InChI=1S/C18H20N2O4S2/c19-26(22,23)14-3-1-13(2-4-14)17(21)20-9-7-18(8-10-20)15-6-12-25-16(15)5-11-24-18/h1-4,6,12H,5,7-11H2,(H2,19,22,23). The first kappa shape index (κ1) is 17.7. The van der Waals surface area contributed by atoms with Crippen LogP contribution in [0.4, 0.5) is 0 Å². The molecule has 8 heteroatoms. The Balaban J connectivity index is 1.48. The van der Waals surface area contributed by atoms with Crippen LogP contribution in [0.25, 0.3) is 0 Å². The number of likely N-dealkylation sites (tertiary alicyclic amines) is 1. The SMILES string of the molecule is NS(=O)(=O)c1ccc(C(=O)N2CCC3(CC2)OCCc2sccc23)cc1. The van der Waals surface area contributed by atoms with Gasteiger partial charge in [0.2, 0.25) is 10.0 Å². The number of sulfonamides is 1. The van der Waals surface area contributed by atoms with Gasteiger partial charge in [0.05, 0.1) is 17.1 Å². The molecule has 0 radical (unpaired) electrons. The smallest absolute Gasteiger partial charge is 0.253 e. The van der Waals surface area contributed by atoms with E-state index in [0.717, 1.165) is 25.9 Å². The second-order valence-electron chi connectivity index (χ2n) is 6.71. The van der Waals surface area contributed by atoms with Gasteiger partial charge in [-0.2, -0.15) is 0 Å². The third-order valence-electron chi connectivity index (χ3n) is 5.23. The van der Waals surface area contributed by atoms with Gasteiger partial charge in [-0.1, -0.05) is 0 Å². The van der Waals surface area contributed by atoms with E-state index in [1.807, 2.05) is 0 Å². The summed E-state index contributed by atoms with van der Waals surface area (Å²) < 4.78 is 28.8. The quantitative estimate of drug-likeness (QED) is 0.847. The van der Waals surface area contributed by atoms with Crippen LogP contribution < -0.4 is 5.14 Å². The lowest BCUT2D eigenvalue weighted by atomic mass is 9.82. The monoisotopic (exact) mass is 392 g/mol. The van der Waals surface area contributed by atoms with Crippen molar-refractivity contribution in [2.75, 3.05) is 19.7 Å². The Kier molecular flexibility index (Phi) is 4.38. The van der Waals surface area contributed by atoms with Gasteiger partial charge in [0.15, 0.2) is 0 Å². The van der Waals surface area contributed by atoms with Crippen LogP contribution >= 0.6 is 11.3 Å². The molecule has 1 aromatic heterocycles. The van der Waals surface area contributed by atoms with Gasteiger partial charge in [0, 0.05) is 30.0 Å². The Labute approximate surface area is 156 Å². The van der Waals surface area contributed by atoms with Crippen molar-refractivity contribution < 1.29 is 17.9 Å². The zero-order chi connectivity index (χ0) is 18.4. The Morgan fingerprint density at radius 1 is 1.15 bits per heavy atom. The largest absolute Gasteiger partial charge is 0.370 e. The highest BCUT2D eigenvalue weighted by Crippen LogP contribution is 2.43. The van der Waals surface area contributed by atoms with Crippen LogP contribution in [-0.4, -0.2) is 38.9 Å². The van der Waals surface area contributed by atoms with Crippen molar-refractivity contribution in [3.63, 3.8) is 0 Å². The third-order valence-corrected chi connectivity index (χ3v) is 7.14. The van der Waals surface area contributed by atoms with Gasteiger partial charge in [0.25, 0.3) is 5.91 Å². The van der Waals surface area contributed by atoms with Gasteiger partial charge in [-0.05, 0) is 54.1 Å². The van der Waals surface area contributed by atoms with Crippen LogP contribution in [0.3, 0.4) is 0 Å². The van der Waals surface area contributed by atoms with E-state index >= 15 is 0 Å². The maximum Gasteiger partial charge on any atom is 0.253 e. The molecular formula is C18H20N2O4S2. The highest BCUT2D eigenvalue weighted by molar-refractivity contribution is 7.89. The van der Waals surface area contributed by atoms with Gasteiger partial charge in [-0.15, -0.1) is 11.3 Å². The molecule has 26 heavy (non-hydrogen) atoms.